The molecule has 2 aromatic carbocycles. The Labute approximate surface area is 134 Å². The highest BCUT2D eigenvalue weighted by molar-refractivity contribution is 6.30. The minimum Gasteiger partial charge on any atom is -0.481 e. The van der Waals surface area contributed by atoms with Crippen LogP contribution in [0.2, 0.25) is 5.02 Å². The van der Waals surface area contributed by atoms with Crippen molar-refractivity contribution in [1.82, 2.24) is 0 Å². The molecule has 0 spiro atoms. The van der Waals surface area contributed by atoms with Crippen molar-refractivity contribution in [1.29, 1.82) is 0 Å². The zero-order valence-corrected chi connectivity index (χ0v) is 12.9. The molecule has 0 saturated heterocycles. The number of benzene rings is 2. The summed E-state index contributed by atoms with van der Waals surface area (Å²) in [5.41, 5.74) is 6.15. The highest BCUT2D eigenvalue weighted by Gasteiger charge is 2.24. The quantitative estimate of drug-likeness (QED) is 0.852. The summed E-state index contributed by atoms with van der Waals surface area (Å²) in [4.78, 5) is 11.1. The molecule has 0 unspecified atom stereocenters. The minimum atomic E-state index is -0.808. The molecule has 0 saturated carbocycles. The van der Waals surface area contributed by atoms with Crippen LogP contribution in [-0.4, -0.2) is 11.1 Å². The van der Waals surface area contributed by atoms with Gasteiger partial charge in [0.05, 0.1) is 6.42 Å². The predicted molar refractivity (Wildman–Crippen MR) is 90.6 cm³/mol. The van der Waals surface area contributed by atoms with Gasteiger partial charge in [-0.1, -0.05) is 48.0 Å². The largest absolute Gasteiger partial charge is 0.481 e. The lowest BCUT2D eigenvalue weighted by Crippen LogP contribution is -1.96. The molecule has 0 radical (unpaired) electrons. The monoisotopic (exact) mass is 310 g/mol. The van der Waals surface area contributed by atoms with E-state index in [1.54, 1.807) is 0 Å². The third-order valence-corrected chi connectivity index (χ3v) is 4.16. The van der Waals surface area contributed by atoms with Crippen molar-refractivity contribution in [2.45, 2.75) is 13.3 Å². The van der Waals surface area contributed by atoms with Crippen LogP contribution < -0.4 is 0 Å². The minimum absolute atomic E-state index is 0.0425. The summed E-state index contributed by atoms with van der Waals surface area (Å²) in [5, 5.41) is 9.86. The summed E-state index contributed by atoms with van der Waals surface area (Å²) in [6, 6.07) is 15.6. The average molecular weight is 311 g/mol. The normalized spacial score (nSPS) is 15.3. The molecule has 22 heavy (non-hydrogen) atoms. The van der Waals surface area contributed by atoms with E-state index in [0.29, 0.717) is 5.02 Å². The molecule has 0 bridgehead atoms. The lowest BCUT2D eigenvalue weighted by atomic mass is 10.0. The first kappa shape index (κ1) is 14.6. The molecule has 0 amide bonds. The van der Waals surface area contributed by atoms with Crippen LogP contribution in [0, 0.1) is 0 Å². The summed E-state index contributed by atoms with van der Waals surface area (Å²) in [5.74, 6) is -0.808. The Bertz CT molecular complexity index is 798. The van der Waals surface area contributed by atoms with Crippen LogP contribution in [0.15, 0.2) is 54.1 Å². The Morgan fingerprint density at radius 3 is 2.36 bits per heavy atom. The number of carbonyl (C=O) groups is 1. The van der Waals surface area contributed by atoms with E-state index < -0.39 is 5.97 Å². The van der Waals surface area contributed by atoms with E-state index in [0.717, 1.165) is 33.4 Å². The molecule has 0 fully saturated rings. The molecule has 3 heteroatoms. The maximum absolute atomic E-state index is 11.1. The van der Waals surface area contributed by atoms with E-state index in [2.05, 4.69) is 6.08 Å². The topological polar surface area (TPSA) is 37.3 Å². The summed E-state index contributed by atoms with van der Waals surface area (Å²) in [6.45, 7) is 1.99. The van der Waals surface area contributed by atoms with Crippen LogP contribution in [0.3, 0.4) is 0 Å². The second-order valence-corrected chi connectivity index (χ2v) is 5.77. The van der Waals surface area contributed by atoms with Gasteiger partial charge in [0, 0.05) is 5.02 Å². The fourth-order valence-corrected chi connectivity index (χ4v) is 2.96. The van der Waals surface area contributed by atoms with Crippen molar-refractivity contribution in [3.05, 3.63) is 75.8 Å². The molecule has 1 aliphatic carbocycles. The smallest absolute Gasteiger partial charge is 0.307 e. The van der Waals surface area contributed by atoms with E-state index in [-0.39, 0.29) is 6.42 Å². The van der Waals surface area contributed by atoms with Crippen LogP contribution in [0.25, 0.3) is 17.2 Å². The number of rotatable bonds is 3. The summed E-state index contributed by atoms with van der Waals surface area (Å²) < 4.78 is 0. The maximum atomic E-state index is 11.1. The summed E-state index contributed by atoms with van der Waals surface area (Å²) in [7, 11) is 0. The molecule has 1 N–H and O–H groups in total. The van der Waals surface area contributed by atoms with E-state index in [9.17, 15) is 4.79 Å². The van der Waals surface area contributed by atoms with E-state index in [4.69, 9.17) is 16.7 Å². The first-order valence-electron chi connectivity index (χ1n) is 7.05. The first-order chi connectivity index (χ1) is 10.6. The van der Waals surface area contributed by atoms with E-state index in [1.165, 1.54) is 0 Å². The molecule has 0 atom stereocenters. The van der Waals surface area contributed by atoms with Gasteiger partial charge in [-0.05, 0) is 58.5 Å². The van der Waals surface area contributed by atoms with Gasteiger partial charge in [-0.25, -0.2) is 0 Å². The summed E-state index contributed by atoms with van der Waals surface area (Å²) in [6.07, 6.45) is 2.13. The Morgan fingerprint density at radius 2 is 1.73 bits per heavy atom. The zero-order chi connectivity index (χ0) is 15.7. The van der Waals surface area contributed by atoms with Crippen molar-refractivity contribution in [2.75, 3.05) is 0 Å². The Hall–Kier alpha value is -2.32. The van der Waals surface area contributed by atoms with Crippen LogP contribution in [-0.2, 0) is 4.79 Å². The fraction of sp³-hybridized carbons (Fsp3) is 0.105. The fourth-order valence-electron chi connectivity index (χ4n) is 2.84. The number of allylic oxidation sites excluding steroid dienone is 2. The van der Waals surface area contributed by atoms with Crippen molar-refractivity contribution in [3.8, 4) is 0 Å². The average Bonchev–Trinajstić information content (AvgIpc) is 2.75. The molecular weight excluding hydrogens is 296 g/mol. The highest BCUT2D eigenvalue weighted by atomic mass is 35.5. The summed E-state index contributed by atoms with van der Waals surface area (Å²) >= 11 is 5.92. The highest BCUT2D eigenvalue weighted by Crippen LogP contribution is 2.43. The second kappa shape index (κ2) is 5.82. The van der Waals surface area contributed by atoms with Crippen LogP contribution in [0.5, 0.6) is 0 Å². The molecule has 3 rings (SSSR count). The van der Waals surface area contributed by atoms with Gasteiger partial charge in [0.15, 0.2) is 0 Å². The van der Waals surface area contributed by atoms with Gasteiger partial charge in [0.25, 0.3) is 0 Å². The molecular formula is C19H15ClO2. The second-order valence-electron chi connectivity index (χ2n) is 5.33. The van der Waals surface area contributed by atoms with E-state index >= 15 is 0 Å². The molecule has 0 aliphatic heterocycles. The Balaban J connectivity index is 2.12. The molecule has 2 nitrogen and oxygen atoms in total. The molecule has 1 aliphatic rings. The van der Waals surface area contributed by atoms with Gasteiger partial charge >= 0.3 is 5.97 Å². The number of carboxylic acid groups (broad SMARTS) is 1. The Kier molecular flexibility index (Phi) is 3.86. The van der Waals surface area contributed by atoms with Gasteiger partial charge in [-0.15, -0.1) is 0 Å². The van der Waals surface area contributed by atoms with Crippen molar-refractivity contribution in [3.63, 3.8) is 0 Å². The third-order valence-electron chi connectivity index (χ3n) is 3.91. The van der Waals surface area contributed by atoms with Gasteiger partial charge in [0.1, 0.15) is 0 Å². The predicted octanol–water partition coefficient (Wildman–Crippen LogP) is 5.14. The van der Waals surface area contributed by atoms with Gasteiger partial charge in [0.2, 0.25) is 0 Å². The van der Waals surface area contributed by atoms with Crippen molar-refractivity contribution < 1.29 is 9.90 Å². The number of hydrogen-bond donors (Lipinski definition) is 1. The van der Waals surface area contributed by atoms with E-state index in [1.807, 2.05) is 55.5 Å². The first-order valence-corrected chi connectivity index (χ1v) is 7.43. The SMILES string of the molecule is CC1=C(CC(=O)O)c2ccccc2/C1=C\c1ccc(Cl)cc1. The van der Waals surface area contributed by atoms with Crippen LogP contribution in [0.1, 0.15) is 30.0 Å². The van der Waals surface area contributed by atoms with Gasteiger partial charge in [-0.2, -0.15) is 0 Å². The molecule has 0 heterocycles. The molecule has 0 aromatic heterocycles. The number of aliphatic carboxylic acids is 1. The van der Waals surface area contributed by atoms with Crippen LogP contribution >= 0.6 is 11.6 Å². The van der Waals surface area contributed by atoms with Gasteiger partial charge < -0.3 is 5.11 Å². The Morgan fingerprint density at radius 1 is 1.09 bits per heavy atom. The third kappa shape index (κ3) is 2.70. The standard InChI is InChI=1S/C19H15ClO2/c1-12-17(10-13-6-8-14(20)9-7-13)15-4-2-3-5-16(15)18(12)11-19(21)22/h2-10H,11H2,1H3,(H,21,22)/b17-10-. The lowest BCUT2D eigenvalue weighted by Gasteiger charge is -2.04. The zero-order valence-electron chi connectivity index (χ0n) is 12.1. The number of halogens is 1. The molecule has 110 valence electrons. The number of hydrogen-bond acceptors (Lipinski definition) is 1. The number of fused-ring (bicyclic) bond motifs is 1. The molecule has 2 aromatic rings. The lowest BCUT2D eigenvalue weighted by molar-refractivity contribution is -0.135. The van der Waals surface area contributed by atoms with Gasteiger partial charge in [-0.3, -0.25) is 4.79 Å². The number of carboxylic acids is 1. The van der Waals surface area contributed by atoms with Crippen molar-refractivity contribution in [2.24, 2.45) is 0 Å². The maximum Gasteiger partial charge on any atom is 0.307 e. The van der Waals surface area contributed by atoms with Crippen molar-refractivity contribution >= 4 is 34.8 Å². The van der Waals surface area contributed by atoms with Crippen LogP contribution in [0.4, 0.5) is 0 Å².